The molecule has 0 aliphatic heterocycles. The fourth-order valence-corrected chi connectivity index (χ4v) is 2.45. The van der Waals surface area contributed by atoms with Gasteiger partial charge in [0.05, 0.1) is 11.5 Å². The van der Waals surface area contributed by atoms with Crippen LogP contribution >= 0.6 is 15.9 Å². The van der Waals surface area contributed by atoms with Crippen LogP contribution in [0.3, 0.4) is 0 Å². The average molecular weight is 264 g/mol. The maximum absolute atomic E-state index is 9.28. The average Bonchev–Trinajstić information content (AvgIpc) is 2.13. The highest BCUT2D eigenvalue weighted by molar-refractivity contribution is 9.10. The molecule has 15 heavy (non-hydrogen) atoms. The van der Waals surface area contributed by atoms with Gasteiger partial charge in [0.2, 0.25) is 0 Å². The van der Waals surface area contributed by atoms with E-state index >= 15 is 0 Å². The van der Waals surface area contributed by atoms with E-state index in [1.807, 2.05) is 0 Å². The molecular formula is C13H14BrN. The van der Waals surface area contributed by atoms with E-state index in [1.165, 1.54) is 27.6 Å². The fourth-order valence-electron chi connectivity index (χ4n) is 2.22. The fraction of sp³-hybridized carbons (Fsp3) is 0.462. The number of nitrogens with zero attached hydrogens (tertiary/aromatic N) is 1. The van der Waals surface area contributed by atoms with Crippen LogP contribution in [0.2, 0.25) is 0 Å². The molecule has 0 bridgehead atoms. The van der Waals surface area contributed by atoms with Crippen LogP contribution in [0.4, 0.5) is 0 Å². The quantitative estimate of drug-likeness (QED) is 0.751. The number of hydrogen-bond acceptors (Lipinski definition) is 1. The molecule has 0 saturated heterocycles. The molecule has 0 aromatic heterocycles. The minimum atomic E-state index is -0.184. The summed E-state index contributed by atoms with van der Waals surface area (Å²) in [5, 5.41) is 9.28. The van der Waals surface area contributed by atoms with Crippen molar-refractivity contribution in [3.05, 3.63) is 33.3 Å². The molecule has 1 fully saturated rings. The number of aryl methyl sites for hydroxylation is 2. The van der Waals surface area contributed by atoms with Crippen molar-refractivity contribution in [2.45, 2.75) is 38.5 Å². The third kappa shape index (κ3) is 1.59. The van der Waals surface area contributed by atoms with Gasteiger partial charge in [0, 0.05) is 4.47 Å². The van der Waals surface area contributed by atoms with E-state index in [4.69, 9.17) is 0 Å². The molecule has 1 aliphatic carbocycles. The number of rotatable bonds is 1. The van der Waals surface area contributed by atoms with Crippen LogP contribution in [0, 0.1) is 25.2 Å². The largest absolute Gasteiger partial charge is 0.197 e. The molecule has 0 heterocycles. The first kappa shape index (κ1) is 10.7. The van der Waals surface area contributed by atoms with Crippen LogP contribution in [-0.2, 0) is 5.41 Å². The third-order valence-electron chi connectivity index (χ3n) is 3.41. The molecule has 0 N–H and O–H groups in total. The topological polar surface area (TPSA) is 23.8 Å². The van der Waals surface area contributed by atoms with Gasteiger partial charge in [-0.05, 0) is 49.8 Å². The Morgan fingerprint density at radius 2 is 1.80 bits per heavy atom. The maximum atomic E-state index is 9.28. The zero-order valence-corrected chi connectivity index (χ0v) is 10.7. The third-order valence-corrected chi connectivity index (χ3v) is 4.66. The first-order chi connectivity index (χ1) is 7.09. The van der Waals surface area contributed by atoms with E-state index in [9.17, 15) is 5.26 Å². The van der Waals surface area contributed by atoms with Gasteiger partial charge in [-0.1, -0.05) is 28.1 Å². The Bertz CT molecular complexity index is 415. The van der Waals surface area contributed by atoms with Crippen molar-refractivity contribution < 1.29 is 0 Å². The maximum Gasteiger partial charge on any atom is 0.0822 e. The van der Waals surface area contributed by atoms with Gasteiger partial charge in [0.15, 0.2) is 0 Å². The van der Waals surface area contributed by atoms with Crippen LogP contribution in [0.5, 0.6) is 0 Å². The predicted molar refractivity (Wildman–Crippen MR) is 64.8 cm³/mol. The van der Waals surface area contributed by atoms with E-state index in [1.54, 1.807) is 0 Å². The van der Waals surface area contributed by atoms with E-state index in [0.29, 0.717) is 0 Å². The minimum absolute atomic E-state index is 0.184. The lowest BCUT2D eigenvalue weighted by molar-refractivity contribution is 0.324. The molecule has 0 atom stereocenters. The molecule has 2 heteroatoms. The highest BCUT2D eigenvalue weighted by Gasteiger charge is 2.39. The van der Waals surface area contributed by atoms with E-state index in [-0.39, 0.29) is 5.41 Å². The lowest BCUT2D eigenvalue weighted by atomic mass is 9.65. The molecule has 0 radical (unpaired) electrons. The van der Waals surface area contributed by atoms with Crippen LogP contribution in [-0.4, -0.2) is 0 Å². The van der Waals surface area contributed by atoms with E-state index in [2.05, 4.69) is 48.0 Å². The molecule has 0 spiro atoms. The van der Waals surface area contributed by atoms with Crippen LogP contribution in [0.1, 0.15) is 36.0 Å². The van der Waals surface area contributed by atoms with Crippen molar-refractivity contribution in [3.63, 3.8) is 0 Å². The second kappa shape index (κ2) is 3.64. The summed E-state index contributed by atoms with van der Waals surface area (Å²) < 4.78 is 1.17. The summed E-state index contributed by atoms with van der Waals surface area (Å²) in [6, 6.07) is 6.79. The lowest BCUT2D eigenvalue weighted by Gasteiger charge is -2.36. The first-order valence-electron chi connectivity index (χ1n) is 5.27. The highest BCUT2D eigenvalue weighted by atomic mass is 79.9. The molecule has 2 rings (SSSR count). The summed E-state index contributed by atoms with van der Waals surface area (Å²) in [6.07, 6.45) is 3.22. The molecule has 0 unspecified atom stereocenters. The summed E-state index contributed by atoms with van der Waals surface area (Å²) in [5.74, 6) is 0. The van der Waals surface area contributed by atoms with Crippen molar-refractivity contribution >= 4 is 15.9 Å². The van der Waals surface area contributed by atoms with Crippen LogP contribution in [0.15, 0.2) is 16.6 Å². The highest BCUT2D eigenvalue weighted by Crippen LogP contribution is 2.44. The lowest BCUT2D eigenvalue weighted by Crippen LogP contribution is -2.32. The Balaban J connectivity index is 2.51. The Kier molecular flexibility index (Phi) is 2.60. The number of nitriles is 1. The Morgan fingerprint density at radius 3 is 2.13 bits per heavy atom. The SMILES string of the molecule is Cc1cc(C2(C#N)CCC2)cc(C)c1Br. The van der Waals surface area contributed by atoms with Gasteiger partial charge in [0.1, 0.15) is 0 Å². The molecule has 1 nitrogen and oxygen atoms in total. The molecule has 1 aromatic rings. The standard InChI is InChI=1S/C13H14BrN/c1-9-6-11(7-10(2)12(9)14)13(8-15)4-3-5-13/h6-7H,3-5H2,1-2H3. The molecule has 1 saturated carbocycles. The summed E-state index contributed by atoms with van der Waals surface area (Å²) >= 11 is 3.56. The van der Waals surface area contributed by atoms with Gasteiger partial charge >= 0.3 is 0 Å². The van der Waals surface area contributed by atoms with Crippen LogP contribution < -0.4 is 0 Å². The van der Waals surface area contributed by atoms with Crippen molar-refractivity contribution in [1.82, 2.24) is 0 Å². The van der Waals surface area contributed by atoms with Crippen molar-refractivity contribution in [3.8, 4) is 6.07 Å². The van der Waals surface area contributed by atoms with E-state index < -0.39 is 0 Å². The van der Waals surface area contributed by atoms with Crippen molar-refractivity contribution in [2.24, 2.45) is 0 Å². The monoisotopic (exact) mass is 263 g/mol. The zero-order chi connectivity index (χ0) is 11.1. The van der Waals surface area contributed by atoms with Crippen molar-refractivity contribution in [2.75, 3.05) is 0 Å². The number of halogens is 1. The van der Waals surface area contributed by atoms with Gasteiger partial charge in [-0.15, -0.1) is 0 Å². The summed E-state index contributed by atoms with van der Waals surface area (Å²) in [7, 11) is 0. The summed E-state index contributed by atoms with van der Waals surface area (Å²) in [5.41, 5.74) is 3.48. The molecule has 0 amide bonds. The Labute approximate surface area is 99.2 Å². The molecular weight excluding hydrogens is 250 g/mol. The Hall–Kier alpha value is -0.810. The zero-order valence-electron chi connectivity index (χ0n) is 9.10. The van der Waals surface area contributed by atoms with Crippen LogP contribution in [0.25, 0.3) is 0 Å². The van der Waals surface area contributed by atoms with Gasteiger partial charge in [-0.3, -0.25) is 0 Å². The smallest absolute Gasteiger partial charge is 0.0822 e. The number of hydrogen-bond donors (Lipinski definition) is 0. The Morgan fingerprint density at radius 1 is 1.27 bits per heavy atom. The van der Waals surface area contributed by atoms with Gasteiger partial charge < -0.3 is 0 Å². The second-order valence-electron chi connectivity index (χ2n) is 4.47. The van der Waals surface area contributed by atoms with Gasteiger partial charge in [0.25, 0.3) is 0 Å². The van der Waals surface area contributed by atoms with Gasteiger partial charge in [-0.25, -0.2) is 0 Å². The van der Waals surface area contributed by atoms with E-state index in [0.717, 1.165) is 12.8 Å². The molecule has 1 aromatic carbocycles. The minimum Gasteiger partial charge on any atom is -0.197 e. The molecule has 1 aliphatic rings. The second-order valence-corrected chi connectivity index (χ2v) is 5.26. The summed E-state index contributed by atoms with van der Waals surface area (Å²) in [4.78, 5) is 0. The predicted octanol–water partition coefficient (Wildman–Crippen LogP) is 4.01. The van der Waals surface area contributed by atoms with Crippen molar-refractivity contribution in [1.29, 1.82) is 5.26 Å². The first-order valence-corrected chi connectivity index (χ1v) is 6.07. The van der Waals surface area contributed by atoms with Gasteiger partial charge in [-0.2, -0.15) is 5.26 Å². The number of benzene rings is 1. The molecule has 78 valence electrons. The summed E-state index contributed by atoms with van der Waals surface area (Å²) in [6.45, 7) is 4.18. The normalized spacial score (nSPS) is 18.0.